The van der Waals surface area contributed by atoms with Crippen LogP contribution in [-0.2, 0) is 13.0 Å². The maximum Gasteiger partial charge on any atom is 0.266 e. The highest BCUT2D eigenvalue weighted by Gasteiger charge is 2.14. The van der Waals surface area contributed by atoms with E-state index in [0.717, 1.165) is 25.2 Å². The number of nitrogens with zero attached hydrogens (tertiary/aromatic N) is 1. The average molecular weight is 209 g/mol. The van der Waals surface area contributed by atoms with Crippen molar-refractivity contribution in [2.75, 3.05) is 6.54 Å². The molecule has 2 N–H and O–H groups in total. The van der Waals surface area contributed by atoms with Crippen molar-refractivity contribution < 1.29 is 0 Å². The third-order valence-electron chi connectivity index (χ3n) is 3.04. The van der Waals surface area contributed by atoms with Crippen LogP contribution in [0.5, 0.6) is 0 Å². The minimum atomic E-state index is 0.0965. The van der Waals surface area contributed by atoms with Gasteiger partial charge in [-0.2, -0.15) is 0 Å². The van der Waals surface area contributed by atoms with Crippen LogP contribution < -0.4 is 10.9 Å². The standard InChI is InChI=1S/C11H19N3O/c1-2-9-7-11(15)14(13-9)8-10-5-3-4-6-12-10/h7,10,12-13H,2-6,8H2,1H3. The number of aryl methyl sites for hydroxylation is 1. The largest absolute Gasteiger partial charge is 0.312 e. The van der Waals surface area contributed by atoms with E-state index in [1.807, 2.05) is 0 Å². The van der Waals surface area contributed by atoms with E-state index >= 15 is 0 Å². The number of H-pyrrole nitrogens is 1. The second-order valence-electron chi connectivity index (χ2n) is 4.23. The molecule has 0 saturated carbocycles. The fraction of sp³-hybridized carbons (Fsp3) is 0.727. The molecule has 1 unspecified atom stereocenters. The first-order valence-corrected chi connectivity index (χ1v) is 5.81. The predicted octanol–water partition coefficient (Wildman–Crippen LogP) is 0.881. The molecule has 0 amide bonds. The Morgan fingerprint density at radius 3 is 3.00 bits per heavy atom. The third kappa shape index (κ3) is 2.50. The molecule has 0 radical (unpaired) electrons. The molecular formula is C11H19N3O. The molecule has 4 heteroatoms. The lowest BCUT2D eigenvalue weighted by atomic mass is 10.1. The van der Waals surface area contributed by atoms with Gasteiger partial charge in [0.1, 0.15) is 0 Å². The van der Waals surface area contributed by atoms with Crippen LogP contribution in [-0.4, -0.2) is 22.4 Å². The minimum Gasteiger partial charge on any atom is -0.312 e. The zero-order chi connectivity index (χ0) is 10.7. The van der Waals surface area contributed by atoms with Gasteiger partial charge in [0.15, 0.2) is 0 Å². The van der Waals surface area contributed by atoms with E-state index in [1.54, 1.807) is 10.7 Å². The topological polar surface area (TPSA) is 49.8 Å². The Morgan fingerprint density at radius 2 is 2.40 bits per heavy atom. The SMILES string of the molecule is CCc1cc(=O)n(CC2CCCCN2)[nH]1. The van der Waals surface area contributed by atoms with E-state index in [9.17, 15) is 4.79 Å². The number of hydrogen-bond donors (Lipinski definition) is 2. The van der Waals surface area contributed by atoms with E-state index in [-0.39, 0.29) is 5.56 Å². The molecule has 84 valence electrons. The maximum absolute atomic E-state index is 11.6. The number of hydrogen-bond acceptors (Lipinski definition) is 2. The first kappa shape index (κ1) is 10.5. The molecule has 1 aromatic rings. The maximum atomic E-state index is 11.6. The van der Waals surface area contributed by atoms with Gasteiger partial charge in [0, 0.05) is 17.8 Å². The van der Waals surface area contributed by atoms with Crippen LogP contribution in [0.3, 0.4) is 0 Å². The fourth-order valence-electron chi connectivity index (χ4n) is 2.10. The molecule has 2 heterocycles. The van der Waals surface area contributed by atoms with Crippen LogP contribution in [0.1, 0.15) is 31.9 Å². The van der Waals surface area contributed by atoms with Crippen molar-refractivity contribution in [2.24, 2.45) is 0 Å². The molecule has 0 aromatic carbocycles. The van der Waals surface area contributed by atoms with Crippen LogP contribution in [0.25, 0.3) is 0 Å². The molecule has 15 heavy (non-hydrogen) atoms. The van der Waals surface area contributed by atoms with Gasteiger partial charge >= 0.3 is 0 Å². The quantitative estimate of drug-likeness (QED) is 0.776. The van der Waals surface area contributed by atoms with Crippen LogP contribution in [0.15, 0.2) is 10.9 Å². The lowest BCUT2D eigenvalue weighted by Crippen LogP contribution is -2.39. The number of aromatic amines is 1. The molecule has 2 rings (SSSR count). The van der Waals surface area contributed by atoms with Crippen molar-refractivity contribution in [1.82, 2.24) is 15.1 Å². The summed E-state index contributed by atoms with van der Waals surface area (Å²) in [5.41, 5.74) is 1.12. The summed E-state index contributed by atoms with van der Waals surface area (Å²) in [6.45, 7) is 3.91. The Bertz CT molecular complexity index is 360. The first-order chi connectivity index (χ1) is 7.29. The molecule has 1 aliphatic rings. The molecule has 1 aliphatic heterocycles. The molecule has 1 fully saturated rings. The van der Waals surface area contributed by atoms with Crippen LogP contribution in [0, 0.1) is 0 Å². The summed E-state index contributed by atoms with van der Waals surface area (Å²) in [6.07, 6.45) is 4.59. The lowest BCUT2D eigenvalue weighted by molar-refractivity contribution is 0.347. The summed E-state index contributed by atoms with van der Waals surface area (Å²) in [4.78, 5) is 11.6. The van der Waals surface area contributed by atoms with E-state index in [1.165, 1.54) is 19.3 Å². The van der Waals surface area contributed by atoms with Crippen molar-refractivity contribution in [3.8, 4) is 0 Å². The molecular weight excluding hydrogens is 190 g/mol. The summed E-state index contributed by atoms with van der Waals surface area (Å²) in [5, 5.41) is 6.58. The van der Waals surface area contributed by atoms with Crippen LogP contribution >= 0.6 is 0 Å². The van der Waals surface area contributed by atoms with Gasteiger partial charge in [0.2, 0.25) is 0 Å². The second-order valence-corrected chi connectivity index (χ2v) is 4.23. The van der Waals surface area contributed by atoms with E-state index in [2.05, 4.69) is 17.3 Å². The van der Waals surface area contributed by atoms with Gasteiger partial charge in [0.05, 0.1) is 6.54 Å². The number of rotatable bonds is 3. The first-order valence-electron chi connectivity index (χ1n) is 5.81. The number of aromatic nitrogens is 2. The van der Waals surface area contributed by atoms with Crippen molar-refractivity contribution in [3.63, 3.8) is 0 Å². The van der Waals surface area contributed by atoms with Gasteiger partial charge in [-0.15, -0.1) is 0 Å². The van der Waals surface area contributed by atoms with E-state index in [4.69, 9.17) is 0 Å². The fourth-order valence-corrected chi connectivity index (χ4v) is 2.10. The predicted molar refractivity (Wildman–Crippen MR) is 60.1 cm³/mol. The number of nitrogens with one attached hydrogen (secondary N) is 2. The summed E-state index contributed by atoms with van der Waals surface area (Å²) in [5.74, 6) is 0. The van der Waals surface area contributed by atoms with Crippen LogP contribution in [0.2, 0.25) is 0 Å². The molecule has 1 aromatic heterocycles. The lowest BCUT2D eigenvalue weighted by Gasteiger charge is -2.23. The molecule has 4 nitrogen and oxygen atoms in total. The van der Waals surface area contributed by atoms with Gasteiger partial charge < -0.3 is 5.32 Å². The summed E-state index contributed by atoms with van der Waals surface area (Å²) in [7, 11) is 0. The Hall–Kier alpha value is -1.03. The Kier molecular flexibility index (Phi) is 3.26. The van der Waals surface area contributed by atoms with Crippen LogP contribution in [0.4, 0.5) is 0 Å². The van der Waals surface area contributed by atoms with Gasteiger partial charge in [-0.1, -0.05) is 13.3 Å². The third-order valence-corrected chi connectivity index (χ3v) is 3.04. The van der Waals surface area contributed by atoms with Gasteiger partial charge in [-0.05, 0) is 25.8 Å². The highest BCUT2D eigenvalue weighted by atomic mass is 16.1. The monoisotopic (exact) mass is 209 g/mol. The van der Waals surface area contributed by atoms with Crippen molar-refractivity contribution >= 4 is 0 Å². The smallest absolute Gasteiger partial charge is 0.266 e. The van der Waals surface area contributed by atoms with E-state index in [0.29, 0.717) is 6.04 Å². The number of piperidine rings is 1. The summed E-state index contributed by atoms with van der Waals surface area (Å²) < 4.78 is 1.72. The normalized spacial score (nSPS) is 21.8. The highest BCUT2D eigenvalue weighted by molar-refractivity contribution is 4.99. The molecule has 1 saturated heterocycles. The molecule has 0 aliphatic carbocycles. The van der Waals surface area contributed by atoms with Crippen molar-refractivity contribution in [1.29, 1.82) is 0 Å². The van der Waals surface area contributed by atoms with E-state index < -0.39 is 0 Å². The molecule has 0 spiro atoms. The molecule has 0 bridgehead atoms. The highest BCUT2D eigenvalue weighted by Crippen LogP contribution is 2.07. The zero-order valence-corrected chi connectivity index (χ0v) is 9.25. The van der Waals surface area contributed by atoms with Crippen molar-refractivity contribution in [3.05, 3.63) is 22.1 Å². The van der Waals surface area contributed by atoms with Gasteiger partial charge in [0.25, 0.3) is 5.56 Å². The Balaban J connectivity index is 2.02. The minimum absolute atomic E-state index is 0.0965. The summed E-state index contributed by atoms with van der Waals surface area (Å²) in [6, 6.07) is 2.16. The van der Waals surface area contributed by atoms with Gasteiger partial charge in [-0.3, -0.25) is 14.6 Å². The Labute approximate surface area is 89.7 Å². The zero-order valence-electron chi connectivity index (χ0n) is 9.25. The second kappa shape index (κ2) is 4.66. The average Bonchev–Trinajstić information content (AvgIpc) is 2.61. The Morgan fingerprint density at radius 1 is 1.53 bits per heavy atom. The van der Waals surface area contributed by atoms with Crippen molar-refractivity contribution in [2.45, 2.75) is 45.2 Å². The molecule has 1 atom stereocenters. The summed E-state index contributed by atoms with van der Waals surface area (Å²) >= 11 is 0. The van der Waals surface area contributed by atoms with Gasteiger partial charge in [-0.25, -0.2) is 0 Å².